The Kier molecular flexibility index (Phi) is 6.21. The Balaban J connectivity index is 2.17. The molecule has 0 aliphatic heterocycles. The molecule has 0 unspecified atom stereocenters. The summed E-state index contributed by atoms with van der Waals surface area (Å²) >= 11 is 6.02. The second-order valence-corrected chi connectivity index (χ2v) is 5.55. The number of ether oxygens (including phenoxy) is 1. The van der Waals surface area contributed by atoms with Crippen molar-refractivity contribution < 1.29 is 14.6 Å². The van der Waals surface area contributed by atoms with E-state index in [1.165, 1.54) is 0 Å². The van der Waals surface area contributed by atoms with Gasteiger partial charge in [-0.05, 0) is 38.0 Å². The van der Waals surface area contributed by atoms with E-state index in [1.54, 1.807) is 0 Å². The number of aromatic nitrogens is 2. The van der Waals surface area contributed by atoms with Gasteiger partial charge in [-0.3, -0.25) is 4.79 Å². The van der Waals surface area contributed by atoms with Crippen molar-refractivity contribution >= 4 is 28.6 Å². The number of nitrogens with zero attached hydrogens (tertiary/aromatic N) is 2. The highest BCUT2D eigenvalue weighted by Gasteiger charge is 2.11. The summed E-state index contributed by atoms with van der Waals surface area (Å²) in [6.45, 7) is 4.20. The first kappa shape index (κ1) is 16.8. The van der Waals surface area contributed by atoms with Crippen molar-refractivity contribution in [2.45, 2.75) is 39.2 Å². The predicted molar refractivity (Wildman–Crippen MR) is 86.4 cm³/mol. The molecule has 0 aliphatic rings. The van der Waals surface area contributed by atoms with Gasteiger partial charge in [0, 0.05) is 37.6 Å². The lowest BCUT2D eigenvalue weighted by atomic mass is 10.2. The molecule has 0 bridgehead atoms. The number of benzene rings is 1. The molecule has 2 rings (SSSR count). The Morgan fingerprint density at radius 2 is 2.23 bits per heavy atom. The molecule has 22 heavy (non-hydrogen) atoms. The van der Waals surface area contributed by atoms with Gasteiger partial charge in [-0.15, -0.1) is 0 Å². The highest BCUT2D eigenvalue weighted by atomic mass is 35.5. The Morgan fingerprint density at radius 3 is 2.95 bits per heavy atom. The number of carboxylic acids is 1. The predicted octanol–water partition coefficient (Wildman–Crippen LogP) is 3.52. The van der Waals surface area contributed by atoms with Crippen molar-refractivity contribution in [2.75, 3.05) is 13.2 Å². The van der Waals surface area contributed by atoms with Crippen LogP contribution in [0.5, 0.6) is 0 Å². The number of rotatable bonds is 9. The number of aliphatic carboxylic acids is 1. The monoisotopic (exact) mass is 324 g/mol. The van der Waals surface area contributed by atoms with E-state index < -0.39 is 5.97 Å². The summed E-state index contributed by atoms with van der Waals surface area (Å²) in [4.78, 5) is 15.3. The van der Waals surface area contributed by atoms with Crippen LogP contribution in [-0.4, -0.2) is 33.8 Å². The summed E-state index contributed by atoms with van der Waals surface area (Å²) in [5.74, 6) is 0.136. The lowest BCUT2D eigenvalue weighted by molar-refractivity contribution is -0.137. The van der Waals surface area contributed by atoms with Crippen LogP contribution in [0, 0.1) is 0 Å². The zero-order valence-electron chi connectivity index (χ0n) is 12.7. The number of aryl methyl sites for hydroxylation is 2. The lowest BCUT2D eigenvalue weighted by Gasteiger charge is -2.09. The maximum absolute atomic E-state index is 10.7. The van der Waals surface area contributed by atoms with Gasteiger partial charge < -0.3 is 14.4 Å². The third kappa shape index (κ3) is 4.45. The summed E-state index contributed by atoms with van der Waals surface area (Å²) in [5, 5.41) is 9.43. The fourth-order valence-electron chi connectivity index (χ4n) is 2.46. The molecule has 0 aliphatic carbocycles. The largest absolute Gasteiger partial charge is 0.481 e. The van der Waals surface area contributed by atoms with Crippen LogP contribution in [-0.2, 0) is 22.5 Å². The van der Waals surface area contributed by atoms with E-state index >= 15 is 0 Å². The van der Waals surface area contributed by atoms with Crippen LogP contribution < -0.4 is 0 Å². The van der Waals surface area contributed by atoms with E-state index in [-0.39, 0.29) is 6.42 Å². The van der Waals surface area contributed by atoms with E-state index in [0.717, 1.165) is 29.8 Å². The Bertz CT molecular complexity index is 640. The minimum atomic E-state index is -0.776. The first-order valence-electron chi connectivity index (χ1n) is 7.56. The van der Waals surface area contributed by atoms with Crippen molar-refractivity contribution in [1.82, 2.24) is 9.55 Å². The quantitative estimate of drug-likeness (QED) is 0.717. The van der Waals surface area contributed by atoms with Crippen LogP contribution in [0.4, 0.5) is 0 Å². The zero-order chi connectivity index (χ0) is 15.9. The Labute approximate surface area is 134 Å². The molecule has 2 aromatic rings. The van der Waals surface area contributed by atoms with Gasteiger partial charge in [-0.2, -0.15) is 0 Å². The number of carboxylic acid groups (broad SMARTS) is 1. The first-order valence-corrected chi connectivity index (χ1v) is 7.93. The van der Waals surface area contributed by atoms with E-state index in [0.29, 0.717) is 31.1 Å². The second kappa shape index (κ2) is 8.15. The number of imidazole rings is 1. The molecule has 5 nitrogen and oxygen atoms in total. The molecular weight excluding hydrogens is 304 g/mol. The van der Waals surface area contributed by atoms with Crippen LogP contribution in [0.15, 0.2) is 18.2 Å². The Hall–Kier alpha value is -1.59. The maximum Gasteiger partial charge on any atom is 0.303 e. The maximum atomic E-state index is 10.7. The van der Waals surface area contributed by atoms with Gasteiger partial charge in [0.15, 0.2) is 0 Å². The third-order valence-corrected chi connectivity index (χ3v) is 3.69. The molecule has 0 radical (unpaired) electrons. The molecule has 1 aromatic carbocycles. The Morgan fingerprint density at radius 1 is 1.41 bits per heavy atom. The van der Waals surface area contributed by atoms with Gasteiger partial charge in [0.05, 0.1) is 11.0 Å². The molecule has 0 atom stereocenters. The van der Waals surface area contributed by atoms with E-state index in [2.05, 4.69) is 9.55 Å². The molecule has 1 N–H and O–H groups in total. The normalized spacial score (nSPS) is 11.2. The minimum absolute atomic E-state index is 0.156. The average Bonchev–Trinajstić information content (AvgIpc) is 2.80. The molecular formula is C16H21ClN2O3. The first-order chi connectivity index (χ1) is 10.6. The number of fused-ring (bicyclic) bond motifs is 1. The number of hydrogen-bond donors (Lipinski definition) is 1. The second-order valence-electron chi connectivity index (χ2n) is 5.11. The SMILES string of the molecule is CCOCCCn1c(CCCC(=O)O)nc2cc(Cl)ccc21. The summed E-state index contributed by atoms with van der Waals surface area (Å²) in [6, 6.07) is 5.66. The average molecular weight is 325 g/mol. The number of carbonyl (C=O) groups is 1. The van der Waals surface area contributed by atoms with Crippen molar-refractivity contribution in [1.29, 1.82) is 0 Å². The van der Waals surface area contributed by atoms with E-state index in [9.17, 15) is 4.79 Å². The molecule has 0 saturated heterocycles. The van der Waals surface area contributed by atoms with Crippen molar-refractivity contribution in [3.63, 3.8) is 0 Å². The smallest absolute Gasteiger partial charge is 0.303 e. The van der Waals surface area contributed by atoms with Crippen LogP contribution in [0.1, 0.15) is 32.0 Å². The van der Waals surface area contributed by atoms with Gasteiger partial charge in [0.2, 0.25) is 0 Å². The topological polar surface area (TPSA) is 64.3 Å². The van der Waals surface area contributed by atoms with E-state index in [4.69, 9.17) is 21.4 Å². The molecule has 0 amide bonds. The lowest BCUT2D eigenvalue weighted by Crippen LogP contribution is -2.07. The van der Waals surface area contributed by atoms with Crippen LogP contribution in [0.3, 0.4) is 0 Å². The molecule has 0 fully saturated rings. The zero-order valence-corrected chi connectivity index (χ0v) is 13.5. The van der Waals surface area contributed by atoms with Crippen molar-refractivity contribution in [3.8, 4) is 0 Å². The van der Waals surface area contributed by atoms with Crippen molar-refractivity contribution in [3.05, 3.63) is 29.0 Å². The van der Waals surface area contributed by atoms with E-state index in [1.807, 2.05) is 25.1 Å². The fourth-order valence-corrected chi connectivity index (χ4v) is 2.63. The summed E-state index contributed by atoms with van der Waals surface area (Å²) in [7, 11) is 0. The van der Waals surface area contributed by atoms with Gasteiger partial charge in [0.1, 0.15) is 5.82 Å². The van der Waals surface area contributed by atoms with Gasteiger partial charge in [-0.25, -0.2) is 4.98 Å². The highest BCUT2D eigenvalue weighted by Crippen LogP contribution is 2.22. The van der Waals surface area contributed by atoms with Gasteiger partial charge >= 0.3 is 5.97 Å². The molecule has 120 valence electrons. The summed E-state index contributed by atoms with van der Waals surface area (Å²) in [6.07, 6.45) is 2.28. The molecule has 0 saturated carbocycles. The summed E-state index contributed by atoms with van der Waals surface area (Å²) in [5.41, 5.74) is 1.89. The summed E-state index contributed by atoms with van der Waals surface area (Å²) < 4.78 is 7.53. The van der Waals surface area contributed by atoms with Crippen LogP contribution in [0.2, 0.25) is 5.02 Å². The standard InChI is InChI=1S/C16H21ClN2O3/c1-2-22-10-4-9-19-14-8-7-12(17)11-13(14)18-15(19)5-3-6-16(20)21/h7-8,11H,2-6,9-10H2,1H3,(H,20,21). The third-order valence-electron chi connectivity index (χ3n) is 3.45. The molecule has 0 spiro atoms. The fraction of sp³-hybridized carbons (Fsp3) is 0.500. The van der Waals surface area contributed by atoms with Gasteiger partial charge in [-0.1, -0.05) is 11.6 Å². The molecule has 1 heterocycles. The van der Waals surface area contributed by atoms with Crippen LogP contribution >= 0.6 is 11.6 Å². The minimum Gasteiger partial charge on any atom is -0.481 e. The number of halogens is 1. The van der Waals surface area contributed by atoms with Crippen LogP contribution in [0.25, 0.3) is 11.0 Å². The van der Waals surface area contributed by atoms with Crippen molar-refractivity contribution in [2.24, 2.45) is 0 Å². The number of hydrogen-bond acceptors (Lipinski definition) is 3. The highest BCUT2D eigenvalue weighted by molar-refractivity contribution is 6.31. The van der Waals surface area contributed by atoms with Gasteiger partial charge in [0.25, 0.3) is 0 Å². The molecule has 6 heteroatoms. The molecule has 1 aromatic heterocycles.